The standard InChI is InChI=1S/C19H26N2/c1-4-5-12-20-14-18-8-6-7-9-19(18)17-11-10-16(13-17)15-21(2)3/h6-10,13-14H,4-5,11-12,15H2,1-3H3. The summed E-state index contributed by atoms with van der Waals surface area (Å²) in [5.74, 6) is 0. The molecule has 0 spiro atoms. The average Bonchev–Trinajstić information content (AvgIpc) is 2.91. The molecule has 112 valence electrons. The van der Waals surface area contributed by atoms with Crippen LogP contribution in [0.2, 0.25) is 0 Å². The van der Waals surface area contributed by atoms with Crippen LogP contribution < -0.4 is 0 Å². The Kier molecular flexibility index (Phi) is 5.94. The van der Waals surface area contributed by atoms with Crippen LogP contribution in [0.3, 0.4) is 0 Å². The van der Waals surface area contributed by atoms with Crippen molar-refractivity contribution >= 4 is 11.8 Å². The SMILES string of the molecule is CCCCN=Cc1ccccc1C1=CC(CN(C)C)=CC1. The van der Waals surface area contributed by atoms with Gasteiger partial charge >= 0.3 is 0 Å². The topological polar surface area (TPSA) is 15.6 Å². The van der Waals surface area contributed by atoms with E-state index in [0.717, 1.165) is 25.9 Å². The van der Waals surface area contributed by atoms with Gasteiger partial charge in [0.05, 0.1) is 0 Å². The minimum atomic E-state index is 0.925. The molecule has 0 aromatic heterocycles. The number of rotatable bonds is 7. The second-order valence-electron chi connectivity index (χ2n) is 5.87. The number of hydrogen-bond acceptors (Lipinski definition) is 2. The van der Waals surface area contributed by atoms with Crippen LogP contribution in [0.1, 0.15) is 37.3 Å². The lowest BCUT2D eigenvalue weighted by atomic mass is 9.99. The summed E-state index contributed by atoms with van der Waals surface area (Å²) in [4.78, 5) is 6.77. The fraction of sp³-hybridized carbons (Fsp3) is 0.421. The summed E-state index contributed by atoms with van der Waals surface area (Å²) in [5.41, 5.74) is 5.37. The van der Waals surface area contributed by atoms with Crippen LogP contribution in [0.25, 0.3) is 5.57 Å². The lowest BCUT2D eigenvalue weighted by Gasteiger charge is -2.09. The zero-order valence-corrected chi connectivity index (χ0v) is 13.5. The molecule has 0 fully saturated rings. The second-order valence-corrected chi connectivity index (χ2v) is 5.87. The van der Waals surface area contributed by atoms with Crippen LogP contribution in [-0.2, 0) is 0 Å². The molecule has 0 heterocycles. The third kappa shape index (κ3) is 4.68. The highest BCUT2D eigenvalue weighted by atomic mass is 15.0. The Labute approximate surface area is 128 Å². The van der Waals surface area contributed by atoms with Gasteiger partial charge in [0.2, 0.25) is 0 Å². The molecule has 0 radical (unpaired) electrons. The molecule has 0 saturated carbocycles. The van der Waals surface area contributed by atoms with Crippen LogP contribution in [0.4, 0.5) is 0 Å². The van der Waals surface area contributed by atoms with Gasteiger partial charge in [-0.25, -0.2) is 0 Å². The van der Waals surface area contributed by atoms with Crippen molar-refractivity contribution in [3.05, 3.63) is 53.1 Å². The maximum atomic E-state index is 4.55. The van der Waals surface area contributed by atoms with Crippen LogP contribution in [0, 0.1) is 0 Å². The van der Waals surface area contributed by atoms with Crippen molar-refractivity contribution in [1.29, 1.82) is 0 Å². The van der Waals surface area contributed by atoms with E-state index in [1.807, 2.05) is 6.21 Å². The molecule has 1 aromatic rings. The van der Waals surface area contributed by atoms with Crippen molar-refractivity contribution in [2.24, 2.45) is 4.99 Å². The molecule has 2 heteroatoms. The first-order valence-corrected chi connectivity index (χ1v) is 7.84. The van der Waals surface area contributed by atoms with Crippen LogP contribution in [0.15, 0.2) is 47.0 Å². The molecule has 0 aliphatic heterocycles. The first kappa shape index (κ1) is 15.7. The molecule has 1 aliphatic carbocycles. The molecule has 21 heavy (non-hydrogen) atoms. The smallest absolute Gasteiger partial charge is 0.0389 e. The number of allylic oxidation sites excluding steroid dienone is 2. The lowest BCUT2D eigenvalue weighted by molar-refractivity contribution is 0.449. The molecule has 2 nitrogen and oxygen atoms in total. The van der Waals surface area contributed by atoms with E-state index in [1.54, 1.807) is 0 Å². The molecule has 0 amide bonds. The Balaban J connectivity index is 2.12. The molecule has 2 rings (SSSR count). The van der Waals surface area contributed by atoms with Crippen molar-refractivity contribution in [3.63, 3.8) is 0 Å². The maximum absolute atomic E-state index is 4.55. The predicted octanol–water partition coefficient (Wildman–Crippen LogP) is 4.18. The van der Waals surface area contributed by atoms with Gasteiger partial charge in [-0.1, -0.05) is 49.8 Å². The van der Waals surface area contributed by atoms with Crippen LogP contribution in [-0.4, -0.2) is 38.3 Å². The van der Waals surface area contributed by atoms with Crippen molar-refractivity contribution in [2.75, 3.05) is 27.2 Å². The zero-order chi connectivity index (χ0) is 15.1. The molecule has 0 unspecified atom stereocenters. The second kappa shape index (κ2) is 7.94. The van der Waals surface area contributed by atoms with E-state index in [4.69, 9.17) is 0 Å². The maximum Gasteiger partial charge on any atom is 0.0389 e. The van der Waals surface area contributed by atoms with Crippen molar-refractivity contribution in [3.8, 4) is 0 Å². The summed E-state index contributed by atoms with van der Waals surface area (Å²) in [6.07, 6.45) is 10.1. The van der Waals surface area contributed by atoms with Gasteiger partial charge in [0.1, 0.15) is 0 Å². The minimum Gasteiger partial charge on any atom is -0.305 e. The molecule has 1 aromatic carbocycles. The van der Waals surface area contributed by atoms with E-state index in [0.29, 0.717) is 0 Å². The molecule has 0 saturated heterocycles. The number of benzene rings is 1. The van der Waals surface area contributed by atoms with Crippen molar-refractivity contribution in [1.82, 2.24) is 4.90 Å². The van der Waals surface area contributed by atoms with E-state index in [-0.39, 0.29) is 0 Å². The molecule has 1 aliphatic rings. The highest BCUT2D eigenvalue weighted by Crippen LogP contribution is 2.29. The van der Waals surface area contributed by atoms with E-state index < -0.39 is 0 Å². The van der Waals surface area contributed by atoms with Crippen molar-refractivity contribution in [2.45, 2.75) is 26.2 Å². The predicted molar refractivity (Wildman–Crippen MR) is 93.0 cm³/mol. The highest BCUT2D eigenvalue weighted by Gasteiger charge is 2.11. The highest BCUT2D eigenvalue weighted by molar-refractivity contribution is 5.89. The number of unbranched alkanes of at least 4 members (excludes halogenated alkanes) is 1. The Bertz CT molecular complexity index is 550. The summed E-state index contributed by atoms with van der Waals surface area (Å²) >= 11 is 0. The van der Waals surface area contributed by atoms with E-state index in [9.17, 15) is 0 Å². The molecule has 0 N–H and O–H groups in total. The van der Waals surface area contributed by atoms with Crippen molar-refractivity contribution < 1.29 is 0 Å². The molecular formula is C19H26N2. The fourth-order valence-electron chi connectivity index (χ4n) is 2.56. The normalized spacial score (nSPS) is 14.9. The Morgan fingerprint density at radius 1 is 1.24 bits per heavy atom. The largest absolute Gasteiger partial charge is 0.305 e. The van der Waals surface area contributed by atoms with Crippen LogP contribution >= 0.6 is 0 Å². The summed E-state index contributed by atoms with van der Waals surface area (Å²) in [6.45, 7) is 4.13. The Hall–Kier alpha value is -1.67. The first-order valence-electron chi connectivity index (χ1n) is 7.84. The summed E-state index contributed by atoms with van der Waals surface area (Å²) < 4.78 is 0. The van der Waals surface area contributed by atoms with Gasteiger partial charge in [-0.2, -0.15) is 0 Å². The van der Waals surface area contributed by atoms with Gasteiger partial charge < -0.3 is 4.90 Å². The first-order chi connectivity index (χ1) is 10.2. The molecule has 0 atom stereocenters. The zero-order valence-electron chi connectivity index (χ0n) is 13.5. The number of nitrogens with zero attached hydrogens (tertiary/aromatic N) is 2. The number of aliphatic imine (C=N–C) groups is 1. The third-order valence-electron chi connectivity index (χ3n) is 3.62. The third-order valence-corrected chi connectivity index (χ3v) is 3.62. The van der Waals surface area contributed by atoms with Gasteiger partial charge in [0.15, 0.2) is 0 Å². The number of hydrogen-bond donors (Lipinski definition) is 0. The lowest BCUT2D eigenvalue weighted by Crippen LogP contribution is -2.13. The summed E-state index contributed by atoms with van der Waals surface area (Å²) in [6, 6.07) is 8.58. The number of likely N-dealkylation sites (N-methyl/N-ethyl adjacent to an activating group) is 1. The van der Waals surface area contributed by atoms with Gasteiger partial charge in [-0.3, -0.25) is 4.99 Å². The molecular weight excluding hydrogens is 256 g/mol. The quantitative estimate of drug-likeness (QED) is 0.541. The fourth-order valence-corrected chi connectivity index (χ4v) is 2.56. The summed E-state index contributed by atoms with van der Waals surface area (Å²) in [5, 5.41) is 0. The average molecular weight is 282 g/mol. The summed E-state index contributed by atoms with van der Waals surface area (Å²) in [7, 11) is 4.22. The van der Waals surface area contributed by atoms with Gasteiger partial charge in [-0.05, 0) is 49.2 Å². The van der Waals surface area contributed by atoms with Gasteiger partial charge in [-0.15, -0.1) is 0 Å². The Morgan fingerprint density at radius 2 is 2.05 bits per heavy atom. The van der Waals surface area contributed by atoms with E-state index in [2.05, 4.69) is 67.3 Å². The van der Waals surface area contributed by atoms with E-state index >= 15 is 0 Å². The van der Waals surface area contributed by atoms with Gasteiger partial charge in [0, 0.05) is 19.3 Å². The monoisotopic (exact) mass is 282 g/mol. The Morgan fingerprint density at radius 3 is 2.81 bits per heavy atom. The van der Waals surface area contributed by atoms with Crippen LogP contribution in [0.5, 0.6) is 0 Å². The van der Waals surface area contributed by atoms with E-state index in [1.165, 1.54) is 28.7 Å². The minimum absolute atomic E-state index is 0.925. The molecule has 0 bridgehead atoms. The van der Waals surface area contributed by atoms with Gasteiger partial charge in [0.25, 0.3) is 0 Å².